The molecule has 1 N–H and O–H groups in total. The van der Waals surface area contributed by atoms with E-state index < -0.39 is 4.92 Å². The Hall–Kier alpha value is -3.58. The molecule has 32 heavy (non-hydrogen) atoms. The van der Waals surface area contributed by atoms with E-state index >= 15 is 0 Å². The van der Waals surface area contributed by atoms with Gasteiger partial charge in [-0.05, 0) is 6.07 Å². The predicted molar refractivity (Wildman–Crippen MR) is 117 cm³/mol. The van der Waals surface area contributed by atoms with Crippen molar-refractivity contribution >= 4 is 29.7 Å². The molecule has 0 bridgehead atoms. The summed E-state index contributed by atoms with van der Waals surface area (Å²) >= 11 is 0. The highest BCUT2D eigenvalue weighted by Gasteiger charge is 2.21. The normalized spacial score (nSPS) is 16.9. The monoisotopic (exact) mass is 444 g/mol. The third-order valence-corrected chi connectivity index (χ3v) is 4.99. The molecule has 13 heteroatoms. The van der Waals surface area contributed by atoms with Crippen molar-refractivity contribution in [2.24, 2.45) is 5.10 Å². The molecule has 2 aliphatic heterocycles. The van der Waals surface area contributed by atoms with E-state index in [1.165, 1.54) is 19.4 Å². The van der Waals surface area contributed by atoms with Gasteiger partial charge in [0.05, 0.1) is 44.7 Å². The van der Waals surface area contributed by atoms with Crippen molar-refractivity contribution in [2.45, 2.75) is 0 Å². The van der Waals surface area contributed by atoms with Crippen LogP contribution in [-0.2, 0) is 9.47 Å². The second-order valence-corrected chi connectivity index (χ2v) is 6.98. The maximum absolute atomic E-state index is 11.2. The topological polar surface area (TPSA) is 140 Å². The Kier molecular flexibility index (Phi) is 6.87. The lowest BCUT2D eigenvalue weighted by atomic mass is 10.2. The molecule has 13 nitrogen and oxygen atoms in total. The van der Waals surface area contributed by atoms with Crippen LogP contribution in [0.3, 0.4) is 0 Å². The lowest BCUT2D eigenvalue weighted by molar-refractivity contribution is -0.385. The number of methoxy groups -OCH3 is 1. The first-order valence-corrected chi connectivity index (χ1v) is 10.2. The van der Waals surface area contributed by atoms with Gasteiger partial charge in [0.1, 0.15) is 0 Å². The van der Waals surface area contributed by atoms with Crippen LogP contribution in [0.5, 0.6) is 5.75 Å². The van der Waals surface area contributed by atoms with Gasteiger partial charge < -0.3 is 24.0 Å². The van der Waals surface area contributed by atoms with Gasteiger partial charge in [-0.2, -0.15) is 20.1 Å². The lowest BCUT2D eigenvalue weighted by Gasteiger charge is -2.30. The van der Waals surface area contributed by atoms with Crippen molar-refractivity contribution in [3.8, 4) is 5.75 Å². The van der Waals surface area contributed by atoms with Crippen LogP contribution in [0.25, 0.3) is 0 Å². The van der Waals surface area contributed by atoms with E-state index in [1.54, 1.807) is 12.1 Å². The fraction of sp³-hybridized carbons (Fsp3) is 0.474. The number of nitrogens with one attached hydrogen (secondary N) is 1. The predicted octanol–water partition coefficient (Wildman–Crippen LogP) is 0.908. The number of rotatable bonds is 7. The first-order chi connectivity index (χ1) is 15.7. The van der Waals surface area contributed by atoms with Gasteiger partial charge in [0.15, 0.2) is 0 Å². The van der Waals surface area contributed by atoms with Gasteiger partial charge in [0, 0.05) is 37.8 Å². The van der Waals surface area contributed by atoms with Gasteiger partial charge in [0.25, 0.3) is 0 Å². The van der Waals surface area contributed by atoms with Crippen molar-refractivity contribution in [1.29, 1.82) is 0 Å². The minimum absolute atomic E-state index is 0.127. The number of hydrazone groups is 1. The minimum atomic E-state index is -0.501. The number of nitro benzene ring substituents is 1. The quantitative estimate of drug-likeness (QED) is 0.370. The zero-order valence-electron chi connectivity index (χ0n) is 17.6. The average Bonchev–Trinajstić information content (AvgIpc) is 2.84. The lowest BCUT2D eigenvalue weighted by Crippen LogP contribution is -2.40. The summed E-state index contributed by atoms with van der Waals surface area (Å²) in [6.45, 7) is 5.14. The Morgan fingerprint density at radius 2 is 1.66 bits per heavy atom. The number of para-hydroxylation sites is 1. The van der Waals surface area contributed by atoms with E-state index in [0.717, 1.165) is 0 Å². The second kappa shape index (κ2) is 10.2. The van der Waals surface area contributed by atoms with Crippen LogP contribution in [0.4, 0.5) is 23.5 Å². The summed E-state index contributed by atoms with van der Waals surface area (Å²) in [6, 6.07) is 4.61. The Bertz CT molecular complexity index is 940. The Morgan fingerprint density at radius 3 is 2.19 bits per heavy atom. The number of anilines is 3. The highest BCUT2D eigenvalue weighted by molar-refractivity contribution is 5.86. The molecule has 4 rings (SSSR count). The summed E-state index contributed by atoms with van der Waals surface area (Å²) in [4.78, 5) is 28.4. The molecule has 3 heterocycles. The standard InChI is InChI=1S/C19H24N8O5/c1-30-16-14(3-2-4-15(16)27(28)29)13-20-24-17-21-18(25-5-9-31-10-6-25)23-19(22-17)26-7-11-32-12-8-26/h2-4,13H,5-12H2,1H3,(H,21,22,23,24). The maximum Gasteiger partial charge on any atom is 0.311 e. The van der Waals surface area contributed by atoms with Gasteiger partial charge in [-0.3, -0.25) is 10.1 Å². The zero-order chi connectivity index (χ0) is 22.3. The zero-order valence-corrected chi connectivity index (χ0v) is 17.6. The third-order valence-electron chi connectivity index (χ3n) is 4.99. The largest absolute Gasteiger partial charge is 0.490 e. The van der Waals surface area contributed by atoms with E-state index in [2.05, 4.69) is 25.5 Å². The molecular formula is C19H24N8O5. The van der Waals surface area contributed by atoms with E-state index in [0.29, 0.717) is 70.1 Å². The number of benzene rings is 1. The number of aromatic nitrogens is 3. The molecule has 0 radical (unpaired) electrons. The molecule has 0 amide bonds. The van der Waals surface area contributed by atoms with Crippen molar-refractivity contribution in [2.75, 3.05) is 74.9 Å². The average molecular weight is 444 g/mol. The smallest absolute Gasteiger partial charge is 0.311 e. The highest BCUT2D eigenvalue weighted by Crippen LogP contribution is 2.29. The first kappa shape index (κ1) is 21.6. The SMILES string of the molecule is COc1c(C=NNc2nc(N3CCOCC3)nc(N3CCOCC3)n2)cccc1[N+](=O)[O-]. The fourth-order valence-corrected chi connectivity index (χ4v) is 3.38. The maximum atomic E-state index is 11.2. The van der Waals surface area contributed by atoms with Crippen molar-refractivity contribution < 1.29 is 19.1 Å². The molecule has 2 fully saturated rings. The van der Waals surface area contributed by atoms with Gasteiger partial charge in [-0.25, -0.2) is 5.43 Å². The van der Waals surface area contributed by atoms with Crippen molar-refractivity contribution in [3.63, 3.8) is 0 Å². The van der Waals surface area contributed by atoms with Gasteiger partial charge >= 0.3 is 5.69 Å². The number of morpholine rings is 2. The second-order valence-electron chi connectivity index (χ2n) is 6.98. The molecular weight excluding hydrogens is 420 g/mol. The number of hydrogen-bond acceptors (Lipinski definition) is 12. The molecule has 1 aromatic carbocycles. The number of hydrogen-bond donors (Lipinski definition) is 1. The summed E-state index contributed by atoms with van der Waals surface area (Å²) in [6.07, 6.45) is 1.43. The molecule has 1 aromatic heterocycles. The summed E-state index contributed by atoms with van der Waals surface area (Å²) in [5.74, 6) is 1.47. The molecule has 0 saturated carbocycles. The molecule has 170 valence electrons. The van der Waals surface area contributed by atoms with Crippen LogP contribution in [0.15, 0.2) is 23.3 Å². The first-order valence-electron chi connectivity index (χ1n) is 10.2. The molecule has 2 saturated heterocycles. The summed E-state index contributed by atoms with van der Waals surface area (Å²) in [5.41, 5.74) is 3.13. The van der Waals surface area contributed by atoms with Crippen LogP contribution < -0.4 is 20.0 Å². The van der Waals surface area contributed by atoms with Gasteiger partial charge in [-0.15, -0.1) is 0 Å². The Labute approximate surface area is 184 Å². The van der Waals surface area contributed by atoms with E-state index in [4.69, 9.17) is 14.2 Å². The number of nitro groups is 1. The minimum Gasteiger partial charge on any atom is -0.490 e. The number of nitrogens with zero attached hydrogens (tertiary/aromatic N) is 7. The van der Waals surface area contributed by atoms with Crippen molar-refractivity contribution in [3.05, 3.63) is 33.9 Å². The van der Waals surface area contributed by atoms with Gasteiger partial charge in [0.2, 0.25) is 23.6 Å². The van der Waals surface area contributed by atoms with Crippen LogP contribution in [0, 0.1) is 10.1 Å². The number of ether oxygens (including phenoxy) is 3. The molecule has 0 unspecified atom stereocenters. The van der Waals surface area contributed by atoms with E-state index in [9.17, 15) is 10.1 Å². The Morgan fingerprint density at radius 1 is 1.06 bits per heavy atom. The molecule has 0 spiro atoms. The molecule has 2 aromatic rings. The van der Waals surface area contributed by atoms with E-state index in [1.807, 2.05) is 9.80 Å². The van der Waals surface area contributed by atoms with E-state index in [-0.39, 0.29) is 17.4 Å². The Balaban J connectivity index is 1.58. The van der Waals surface area contributed by atoms with Gasteiger partial charge in [-0.1, -0.05) is 6.07 Å². The third kappa shape index (κ3) is 5.00. The molecule has 0 atom stereocenters. The van der Waals surface area contributed by atoms with Crippen molar-refractivity contribution in [1.82, 2.24) is 15.0 Å². The summed E-state index contributed by atoms with van der Waals surface area (Å²) < 4.78 is 16.0. The molecule has 0 aliphatic carbocycles. The highest BCUT2D eigenvalue weighted by atomic mass is 16.6. The van der Waals surface area contributed by atoms with Crippen LogP contribution in [0.2, 0.25) is 0 Å². The fourth-order valence-electron chi connectivity index (χ4n) is 3.38. The van der Waals surface area contributed by atoms with Crippen LogP contribution in [-0.4, -0.2) is 85.8 Å². The molecule has 2 aliphatic rings. The van der Waals surface area contributed by atoms with Crippen LogP contribution >= 0.6 is 0 Å². The summed E-state index contributed by atoms with van der Waals surface area (Å²) in [7, 11) is 1.38. The van der Waals surface area contributed by atoms with Crippen LogP contribution in [0.1, 0.15) is 5.56 Å². The summed E-state index contributed by atoms with van der Waals surface area (Å²) in [5, 5.41) is 15.4.